The van der Waals surface area contributed by atoms with Gasteiger partial charge in [0, 0.05) is 28.6 Å². The standard InChI is InChI=1S/C19H16ClNO3/c1-2-12-6-7-17-16(8-12)14(10-18(22)24-17)11-21-19(23)13-4-3-5-15(20)9-13/h3-10H,2,11H2,1H3,(H,21,23). The molecule has 5 heteroatoms. The number of fused-ring (bicyclic) bond motifs is 1. The van der Waals surface area contributed by atoms with Gasteiger partial charge in [0.25, 0.3) is 5.91 Å². The third kappa shape index (κ3) is 3.49. The van der Waals surface area contributed by atoms with Crippen LogP contribution in [0.2, 0.25) is 5.02 Å². The van der Waals surface area contributed by atoms with Crippen LogP contribution in [-0.4, -0.2) is 5.91 Å². The van der Waals surface area contributed by atoms with Crippen molar-refractivity contribution in [2.24, 2.45) is 0 Å². The van der Waals surface area contributed by atoms with Gasteiger partial charge in [0.2, 0.25) is 0 Å². The van der Waals surface area contributed by atoms with E-state index >= 15 is 0 Å². The van der Waals surface area contributed by atoms with Crippen molar-refractivity contribution < 1.29 is 9.21 Å². The first kappa shape index (κ1) is 16.3. The largest absolute Gasteiger partial charge is 0.423 e. The second kappa shape index (κ2) is 6.89. The first-order chi connectivity index (χ1) is 11.6. The van der Waals surface area contributed by atoms with Gasteiger partial charge in [0.15, 0.2) is 0 Å². The van der Waals surface area contributed by atoms with Gasteiger partial charge in [-0.1, -0.05) is 30.7 Å². The zero-order valence-corrected chi connectivity index (χ0v) is 13.9. The minimum Gasteiger partial charge on any atom is -0.423 e. The van der Waals surface area contributed by atoms with E-state index in [-0.39, 0.29) is 12.5 Å². The molecular weight excluding hydrogens is 326 g/mol. The van der Waals surface area contributed by atoms with Gasteiger partial charge < -0.3 is 9.73 Å². The van der Waals surface area contributed by atoms with E-state index in [2.05, 4.69) is 12.2 Å². The Morgan fingerprint density at radius 2 is 2.00 bits per heavy atom. The number of hydrogen-bond donors (Lipinski definition) is 1. The highest BCUT2D eigenvalue weighted by Crippen LogP contribution is 2.19. The maximum Gasteiger partial charge on any atom is 0.336 e. The van der Waals surface area contributed by atoms with E-state index in [1.165, 1.54) is 6.07 Å². The van der Waals surface area contributed by atoms with Crippen LogP contribution in [0.5, 0.6) is 0 Å². The van der Waals surface area contributed by atoms with E-state index in [1.807, 2.05) is 12.1 Å². The summed E-state index contributed by atoms with van der Waals surface area (Å²) in [6.07, 6.45) is 0.878. The number of amides is 1. The highest BCUT2D eigenvalue weighted by molar-refractivity contribution is 6.30. The SMILES string of the molecule is CCc1ccc2oc(=O)cc(CNC(=O)c3cccc(Cl)c3)c2c1. The Morgan fingerprint density at radius 3 is 2.75 bits per heavy atom. The summed E-state index contributed by atoms with van der Waals surface area (Å²) < 4.78 is 5.22. The second-order valence-corrected chi connectivity index (χ2v) is 5.90. The third-order valence-electron chi connectivity index (χ3n) is 3.83. The molecule has 2 aromatic carbocycles. The highest BCUT2D eigenvalue weighted by Gasteiger charge is 2.10. The second-order valence-electron chi connectivity index (χ2n) is 5.47. The smallest absolute Gasteiger partial charge is 0.336 e. The van der Waals surface area contributed by atoms with Gasteiger partial charge in [-0.15, -0.1) is 0 Å². The molecule has 0 fully saturated rings. The number of carbonyl (C=O) groups excluding carboxylic acids is 1. The van der Waals surface area contributed by atoms with Crippen molar-refractivity contribution in [3.8, 4) is 0 Å². The van der Waals surface area contributed by atoms with Crippen molar-refractivity contribution in [1.29, 1.82) is 0 Å². The van der Waals surface area contributed by atoms with Gasteiger partial charge in [-0.3, -0.25) is 4.79 Å². The first-order valence-corrected chi connectivity index (χ1v) is 8.04. The van der Waals surface area contributed by atoms with Crippen LogP contribution in [0.1, 0.15) is 28.4 Å². The fourth-order valence-electron chi connectivity index (χ4n) is 2.55. The molecule has 0 atom stereocenters. The van der Waals surface area contributed by atoms with Gasteiger partial charge >= 0.3 is 5.63 Å². The zero-order chi connectivity index (χ0) is 17.1. The number of nitrogens with one attached hydrogen (secondary N) is 1. The predicted molar refractivity (Wildman–Crippen MR) is 94.5 cm³/mol. The Hall–Kier alpha value is -2.59. The number of rotatable bonds is 4. The number of aryl methyl sites for hydroxylation is 1. The van der Waals surface area contributed by atoms with Gasteiger partial charge in [0.05, 0.1) is 0 Å². The summed E-state index contributed by atoms with van der Waals surface area (Å²) in [5.41, 5.74) is 2.43. The molecule has 0 unspecified atom stereocenters. The lowest BCUT2D eigenvalue weighted by atomic mass is 10.1. The van der Waals surface area contributed by atoms with Gasteiger partial charge in [-0.05, 0) is 47.9 Å². The molecular formula is C19H16ClNO3. The number of hydrogen-bond acceptors (Lipinski definition) is 3. The average Bonchev–Trinajstić information content (AvgIpc) is 2.58. The van der Waals surface area contributed by atoms with Gasteiger partial charge in [-0.2, -0.15) is 0 Å². The Morgan fingerprint density at radius 1 is 1.17 bits per heavy atom. The normalized spacial score (nSPS) is 10.8. The van der Waals surface area contributed by atoms with E-state index < -0.39 is 5.63 Å². The van der Waals surface area contributed by atoms with Crippen LogP contribution < -0.4 is 10.9 Å². The minimum absolute atomic E-state index is 0.237. The van der Waals surface area contributed by atoms with Gasteiger partial charge in [0.1, 0.15) is 5.58 Å². The van der Waals surface area contributed by atoms with E-state index in [4.69, 9.17) is 16.0 Å². The lowest BCUT2D eigenvalue weighted by Crippen LogP contribution is -2.23. The number of halogens is 1. The van der Waals surface area contributed by atoms with E-state index in [0.717, 1.165) is 22.9 Å². The Bertz CT molecular complexity index is 962. The molecule has 0 aliphatic carbocycles. The average molecular weight is 342 g/mol. The molecule has 24 heavy (non-hydrogen) atoms. The summed E-state index contributed by atoms with van der Waals surface area (Å²) in [7, 11) is 0. The molecule has 3 aromatic rings. The monoisotopic (exact) mass is 341 g/mol. The first-order valence-electron chi connectivity index (χ1n) is 7.66. The zero-order valence-electron chi connectivity index (χ0n) is 13.1. The fourth-order valence-corrected chi connectivity index (χ4v) is 2.74. The quantitative estimate of drug-likeness (QED) is 0.731. The maximum absolute atomic E-state index is 12.2. The molecule has 1 aromatic heterocycles. The molecule has 1 amide bonds. The summed E-state index contributed by atoms with van der Waals surface area (Å²) in [5, 5.41) is 4.16. The van der Waals surface area contributed by atoms with Crippen LogP contribution >= 0.6 is 11.6 Å². The molecule has 0 aliphatic rings. The van der Waals surface area contributed by atoms with E-state index in [0.29, 0.717) is 16.2 Å². The van der Waals surface area contributed by atoms with Crippen molar-refractivity contribution >= 4 is 28.5 Å². The van der Waals surface area contributed by atoms with Crippen molar-refractivity contribution in [3.05, 3.63) is 80.7 Å². The fraction of sp³-hybridized carbons (Fsp3) is 0.158. The Kier molecular flexibility index (Phi) is 4.67. The van der Waals surface area contributed by atoms with Crippen LogP contribution in [0.4, 0.5) is 0 Å². The van der Waals surface area contributed by atoms with Crippen LogP contribution in [-0.2, 0) is 13.0 Å². The van der Waals surface area contributed by atoms with Crippen molar-refractivity contribution in [3.63, 3.8) is 0 Å². The molecule has 0 saturated heterocycles. The number of carbonyl (C=O) groups is 1. The summed E-state index contributed by atoms with van der Waals surface area (Å²) in [5.74, 6) is -0.245. The molecule has 0 aliphatic heterocycles. The topological polar surface area (TPSA) is 59.3 Å². The third-order valence-corrected chi connectivity index (χ3v) is 4.06. The predicted octanol–water partition coefficient (Wildman–Crippen LogP) is 3.94. The molecule has 0 saturated carbocycles. The molecule has 0 bridgehead atoms. The van der Waals surface area contributed by atoms with Crippen LogP contribution in [0, 0.1) is 0 Å². The molecule has 4 nitrogen and oxygen atoms in total. The molecule has 3 rings (SSSR count). The Labute approximate surface area is 144 Å². The summed E-state index contributed by atoms with van der Waals surface area (Å²) in [4.78, 5) is 24.0. The van der Waals surface area contributed by atoms with Crippen molar-refractivity contribution in [1.82, 2.24) is 5.32 Å². The molecule has 1 N–H and O–H groups in total. The van der Waals surface area contributed by atoms with Gasteiger partial charge in [-0.25, -0.2) is 4.79 Å². The summed E-state index contributed by atoms with van der Waals surface area (Å²) in [6.45, 7) is 2.29. The minimum atomic E-state index is -0.432. The Balaban J connectivity index is 1.89. The van der Waals surface area contributed by atoms with Crippen LogP contribution in [0.15, 0.2) is 57.7 Å². The van der Waals surface area contributed by atoms with Crippen molar-refractivity contribution in [2.75, 3.05) is 0 Å². The van der Waals surface area contributed by atoms with E-state index in [1.54, 1.807) is 30.3 Å². The van der Waals surface area contributed by atoms with Crippen LogP contribution in [0.25, 0.3) is 11.0 Å². The van der Waals surface area contributed by atoms with E-state index in [9.17, 15) is 9.59 Å². The van der Waals surface area contributed by atoms with Crippen molar-refractivity contribution in [2.45, 2.75) is 19.9 Å². The maximum atomic E-state index is 12.2. The summed E-state index contributed by atoms with van der Waals surface area (Å²) >= 11 is 5.90. The summed E-state index contributed by atoms with van der Waals surface area (Å²) in [6, 6.07) is 13.8. The lowest BCUT2D eigenvalue weighted by molar-refractivity contribution is 0.0951. The number of benzene rings is 2. The highest BCUT2D eigenvalue weighted by atomic mass is 35.5. The lowest BCUT2D eigenvalue weighted by Gasteiger charge is -2.09. The molecule has 122 valence electrons. The molecule has 1 heterocycles. The molecule has 0 radical (unpaired) electrons. The molecule has 0 spiro atoms. The van der Waals surface area contributed by atoms with Crippen LogP contribution in [0.3, 0.4) is 0 Å².